The first-order chi connectivity index (χ1) is 12.0. The molecule has 4 nitrogen and oxygen atoms in total. The van der Waals surface area contributed by atoms with Gasteiger partial charge in [0.05, 0.1) is 37.9 Å². The molecule has 2 heterocycles. The molecular formula is C18H21F3O4. The lowest BCUT2D eigenvalue weighted by atomic mass is 10.1. The van der Waals surface area contributed by atoms with Crippen molar-refractivity contribution in [1.82, 2.24) is 0 Å². The van der Waals surface area contributed by atoms with Crippen LogP contribution in [0.5, 0.6) is 0 Å². The Balaban J connectivity index is 1.50. The zero-order chi connectivity index (χ0) is 17.9. The highest BCUT2D eigenvalue weighted by molar-refractivity contribution is 5.25. The van der Waals surface area contributed by atoms with E-state index in [0.29, 0.717) is 32.0 Å². The predicted octanol–water partition coefficient (Wildman–Crippen LogP) is 3.93. The van der Waals surface area contributed by atoms with Gasteiger partial charge in [-0.2, -0.15) is 13.2 Å². The van der Waals surface area contributed by atoms with Crippen LogP contribution in [-0.4, -0.2) is 32.7 Å². The number of allylic oxidation sites excluding steroid dienone is 1. The van der Waals surface area contributed by atoms with Crippen molar-refractivity contribution in [3.05, 3.63) is 47.5 Å². The monoisotopic (exact) mass is 358 g/mol. The lowest BCUT2D eigenvalue weighted by molar-refractivity contribution is -0.280. The van der Waals surface area contributed by atoms with Crippen LogP contribution in [0, 0.1) is 11.8 Å². The molecule has 25 heavy (non-hydrogen) atoms. The highest BCUT2D eigenvalue weighted by Crippen LogP contribution is 2.32. The summed E-state index contributed by atoms with van der Waals surface area (Å²) in [4.78, 5) is 0. The van der Waals surface area contributed by atoms with Crippen LogP contribution >= 0.6 is 0 Å². The molecule has 0 radical (unpaired) electrons. The Bertz CT molecular complexity index is 569. The number of halogens is 3. The molecule has 138 valence electrons. The highest BCUT2D eigenvalue weighted by atomic mass is 19.4. The van der Waals surface area contributed by atoms with Crippen LogP contribution in [0.1, 0.15) is 24.3 Å². The predicted molar refractivity (Wildman–Crippen MR) is 83.6 cm³/mol. The number of ether oxygens (including phenoxy) is 4. The lowest BCUT2D eigenvalue weighted by Gasteiger charge is -2.37. The second kappa shape index (κ2) is 7.86. The minimum atomic E-state index is -4.35. The van der Waals surface area contributed by atoms with Crippen molar-refractivity contribution in [3.8, 4) is 0 Å². The van der Waals surface area contributed by atoms with Gasteiger partial charge in [0.15, 0.2) is 12.6 Å². The standard InChI is InChI=1S/C18H21F3O4/c1-2-3-12-8-22-17(23-9-12)14-10-24-16(25-11-14)13-4-6-15(7-5-13)18(19,20)21/h2-7,12,14,16-17H,8-11H2,1H3. The zero-order valence-corrected chi connectivity index (χ0v) is 13.9. The largest absolute Gasteiger partial charge is 0.416 e. The van der Waals surface area contributed by atoms with E-state index in [0.717, 1.165) is 12.1 Å². The van der Waals surface area contributed by atoms with Gasteiger partial charge in [-0.05, 0) is 19.1 Å². The molecule has 0 N–H and O–H groups in total. The summed E-state index contributed by atoms with van der Waals surface area (Å²) in [5.41, 5.74) is -0.130. The summed E-state index contributed by atoms with van der Waals surface area (Å²) >= 11 is 0. The minimum absolute atomic E-state index is 0.0581. The summed E-state index contributed by atoms with van der Waals surface area (Å²) in [6.45, 7) is 3.87. The van der Waals surface area contributed by atoms with Crippen molar-refractivity contribution in [3.63, 3.8) is 0 Å². The van der Waals surface area contributed by atoms with Crippen LogP contribution in [0.2, 0.25) is 0 Å². The maximum absolute atomic E-state index is 12.6. The third kappa shape index (κ3) is 4.61. The van der Waals surface area contributed by atoms with E-state index < -0.39 is 18.0 Å². The molecule has 0 unspecified atom stereocenters. The smallest absolute Gasteiger partial charge is 0.351 e. The van der Waals surface area contributed by atoms with Gasteiger partial charge in [0, 0.05) is 11.5 Å². The van der Waals surface area contributed by atoms with Gasteiger partial charge in [-0.1, -0.05) is 24.3 Å². The van der Waals surface area contributed by atoms with Gasteiger partial charge in [-0.15, -0.1) is 0 Å². The number of hydrogen-bond acceptors (Lipinski definition) is 4. The molecule has 0 saturated carbocycles. The molecule has 0 aromatic heterocycles. The Morgan fingerprint density at radius 1 is 0.920 bits per heavy atom. The molecule has 1 aromatic carbocycles. The van der Waals surface area contributed by atoms with Gasteiger partial charge in [0.1, 0.15) is 0 Å². The third-order valence-electron chi connectivity index (χ3n) is 4.23. The van der Waals surface area contributed by atoms with Crippen LogP contribution < -0.4 is 0 Å². The second-order valence-corrected chi connectivity index (χ2v) is 6.20. The van der Waals surface area contributed by atoms with E-state index in [1.807, 2.05) is 19.1 Å². The molecule has 2 aliphatic rings. The minimum Gasteiger partial charge on any atom is -0.351 e. The van der Waals surface area contributed by atoms with Crippen LogP contribution in [0.15, 0.2) is 36.4 Å². The molecule has 0 aliphatic carbocycles. The Hall–Kier alpha value is -1.41. The number of rotatable bonds is 3. The average molecular weight is 358 g/mol. The third-order valence-corrected chi connectivity index (χ3v) is 4.23. The summed E-state index contributed by atoms with van der Waals surface area (Å²) in [5.74, 6) is 0.198. The van der Waals surface area contributed by atoms with Crippen molar-refractivity contribution >= 4 is 0 Å². The molecule has 0 amide bonds. The first-order valence-electron chi connectivity index (χ1n) is 8.23. The van der Waals surface area contributed by atoms with Gasteiger partial charge in [0.2, 0.25) is 0 Å². The van der Waals surface area contributed by atoms with E-state index in [1.165, 1.54) is 12.1 Å². The molecule has 2 fully saturated rings. The molecule has 2 saturated heterocycles. The van der Waals surface area contributed by atoms with Gasteiger partial charge in [-0.25, -0.2) is 0 Å². The fraction of sp³-hybridized carbons (Fsp3) is 0.556. The van der Waals surface area contributed by atoms with Gasteiger partial charge >= 0.3 is 6.18 Å². The fourth-order valence-corrected chi connectivity index (χ4v) is 2.89. The van der Waals surface area contributed by atoms with Crippen LogP contribution in [0.3, 0.4) is 0 Å². The topological polar surface area (TPSA) is 36.9 Å². The highest BCUT2D eigenvalue weighted by Gasteiger charge is 2.34. The van der Waals surface area contributed by atoms with Crippen molar-refractivity contribution in [2.24, 2.45) is 11.8 Å². The molecule has 0 atom stereocenters. The average Bonchev–Trinajstić information content (AvgIpc) is 2.62. The van der Waals surface area contributed by atoms with E-state index in [1.54, 1.807) is 0 Å². The second-order valence-electron chi connectivity index (χ2n) is 6.20. The molecule has 7 heteroatoms. The fourth-order valence-electron chi connectivity index (χ4n) is 2.89. The van der Waals surface area contributed by atoms with E-state index in [4.69, 9.17) is 18.9 Å². The number of alkyl halides is 3. The van der Waals surface area contributed by atoms with Crippen molar-refractivity contribution < 1.29 is 32.1 Å². The maximum atomic E-state index is 12.6. The Morgan fingerprint density at radius 3 is 2.04 bits per heavy atom. The quantitative estimate of drug-likeness (QED) is 0.767. The molecular weight excluding hydrogens is 337 g/mol. The summed E-state index contributed by atoms with van der Waals surface area (Å²) in [6.07, 6.45) is -1.38. The summed E-state index contributed by atoms with van der Waals surface area (Å²) in [7, 11) is 0. The maximum Gasteiger partial charge on any atom is 0.416 e. The van der Waals surface area contributed by atoms with E-state index >= 15 is 0 Å². The lowest BCUT2D eigenvalue weighted by Crippen LogP contribution is -2.42. The first kappa shape index (κ1) is 18.4. The van der Waals surface area contributed by atoms with Gasteiger partial charge < -0.3 is 18.9 Å². The normalized spacial score (nSPS) is 31.4. The van der Waals surface area contributed by atoms with E-state index in [-0.39, 0.29) is 18.1 Å². The van der Waals surface area contributed by atoms with E-state index in [2.05, 4.69) is 0 Å². The van der Waals surface area contributed by atoms with Crippen LogP contribution in [-0.2, 0) is 25.1 Å². The molecule has 0 spiro atoms. The first-order valence-corrected chi connectivity index (χ1v) is 8.23. The molecule has 1 aromatic rings. The molecule has 0 bridgehead atoms. The number of benzene rings is 1. The Kier molecular flexibility index (Phi) is 5.78. The number of hydrogen-bond donors (Lipinski definition) is 0. The van der Waals surface area contributed by atoms with E-state index in [9.17, 15) is 13.2 Å². The van der Waals surface area contributed by atoms with Crippen molar-refractivity contribution in [2.75, 3.05) is 26.4 Å². The van der Waals surface area contributed by atoms with Gasteiger partial charge in [-0.3, -0.25) is 0 Å². The van der Waals surface area contributed by atoms with Crippen molar-refractivity contribution in [1.29, 1.82) is 0 Å². The van der Waals surface area contributed by atoms with Crippen LogP contribution in [0.25, 0.3) is 0 Å². The molecule has 3 rings (SSSR count). The Labute approximate surface area is 144 Å². The molecule has 2 aliphatic heterocycles. The Morgan fingerprint density at radius 2 is 1.52 bits per heavy atom. The summed E-state index contributed by atoms with van der Waals surface area (Å²) in [5, 5.41) is 0. The van der Waals surface area contributed by atoms with Gasteiger partial charge in [0.25, 0.3) is 0 Å². The van der Waals surface area contributed by atoms with Crippen molar-refractivity contribution in [2.45, 2.75) is 25.7 Å². The summed E-state index contributed by atoms with van der Waals surface area (Å²) < 4.78 is 60.5. The SMILES string of the molecule is CC=CC1COC(C2COC(c3ccc(C(F)(F)F)cc3)OC2)OC1. The van der Waals surface area contributed by atoms with Crippen LogP contribution in [0.4, 0.5) is 13.2 Å². The zero-order valence-electron chi connectivity index (χ0n) is 13.9. The summed E-state index contributed by atoms with van der Waals surface area (Å²) in [6, 6.07) is 4.82.